The molecule has 0 bridgehead atoms. The van der Waals surface area contributed by atoms with E-state index < -0.39 is 0 Å². The normalized spacial score (nSPS) is 23.5. The zero-order valence-corrected chi connectivity index (χ0v) is 10.4. The molecule has 0 saturated carbocycles. The van der Waals surface area contributed by atoms with Crippen molar-refractivity contribution in [1.29, 1.82) is 0 Å². The average Bonchev–Trinajstić information content (AvgIpc) is 2.88. The molecule has 1 fully saturated rings. The zero-order valence-electron chi connectivity index (χ0n) is 9.57. The standard InChI is InChI=1S/C12H20N2S/c1-10(12-6-4-8-15-12)14(2)9-11-5-3-7-13-11/h4,6,8,10-11,13H,3,5,7,9H2,1-2H3. The molecule has 84 valence electrons. The first-order valence-electron chi connectivity index (χ1n) is 5.74. The van der Waals surface area contributed by atoms with Gasteiger partial charge in [0.25, 0.3) is 0 Å². The van der Waals surface area contributed by atoms with Gasteiger partial charge in [-0.05, 0) is 44.8 Å². The lowest BCUT2D eigenvalue weighted by molar-refractivity contribution is 0.241. The number of hydrogen-bond donors (Lipinski definition) is 1. The smallest absolute Gasteiger partial charge is 0.0410 e. The number of nitrogens with one attached hydrogen (secondary N) is 1. The van der Waals surface area contributed by atoms with Crippen molar-refractivity contribution in [3.05, 3.63) is 22.4 Å². The van der Waals surface area contributed by atoms with Crippen molar-refractivity contribution >= 4 is 11.3 Å². The summed E-state index contributed by atoms with van der Waals surface area (Å²) in [6, 6.07) is 5.62. The summed E-state index contributed by atoms with van der Waals surface area (Å²) in [6.45, 7) is 4.66. The molecule has 0 radical (unpaired) electrons. The van der Waals surface area contributed by atoms with E-state index in [-0.39, 0.29) is 0 Å². The Morgan fingerprint density at radius 1 is 1.67 bits per heavy atom. The topological polar surface area (TPSA) is 15.3 Å². The van der Waals surface area contributed by atoms with Crippen molar-refractivity contribution in [2.75, 3.05) is 20.1 Å². The van der Waals surface area contributed by atoms with Crippen LogP contribution in [0.5, 0.6) is 0 Å². The van der Waals surface area contributed by atoms with Crippen LogP contribution in [0.25, 0.3) is 0 Å². The average molecular weight is 224 g/mol. The number of rotatable bonds is 4. The van der Waals surface area contributed by atoms with Gasteiger partial charge in [0.1, 0.15) is 0 Å². The molecular weight excluding hydrogens is 204 g/mol. The Morgan fingerprint density at radius 2 is 2.53 bits per heavy atom. The first kappa shape index (κ1) is 11.1. The number of nitrogens with zero attached hydrogens (tertiary/aromatic N) is 1. The number of likely N-dealkylation sites (N-methyl/N-ethyl adjacent to an activating group) is 1. The third-order valence-corrected chi connectivity index (χ3v) is 4.33. The Labute approximate surface area is 96.3 Å². The maximum atomic E-state index is 3.55. The predicted octanol–water partition coefficient (Wildman–Crippen LogP) is 2.49. The molecule has 1 aliphatic heterocycles. The predicted molar refractivity (Wildman–Crippen MR) is 66.4 cm³/mol. The lowest BCUT2D eigenvalue weighted by Gasteiger charge is -2.26. The zero-order chi connectivity index (χ0) is 10.7. The summed E-state index contributed by atoms with van der Waals surface area (Å²) in [5.74, 6) is 0. The Balaban J connectivity index is 1.87. The van der Waals surface area contributed by atoms with Gasteiger partial charge < -0.3 is 5.32 Å². The highest BCUT2D eigenvalue weighted by Crippen LogP contribution is 2.23. The Hall–Kier alpha value is -0.380. The van der Waals surface area contributed by atoms with Gasteiger partial charge >= 0.3 is 0 Å². The van der Waals surface area contributed by atoms with E-state index in [4.69, 9.17) is 0 Å². The molecule has 2 nitrogen and oxygen atoms in total. The highest BCUT2D eigenvalue weighted by atomic mass is 32.1. The van der Waals surface area contributed by atoms with Gasteiger partial charge in [-0.2, -0.15) is 0 Å². The van der Waals surface area contributed by atoms with Crippen LogP contribution in [0.2, 0.25) is 0 Å². The summed E-state index contributed by atoms with van der Waals surface area (Å²) in [7, 11) is 2.23. The van der Waals surface area contributed by atoms with Crippen LogP contribution in [0.15, 0.2) is 17.5 Å². The van der Waals surface area contributed by atoms with E-state index in [2.05, 4.69) is 41.7 Å². The van der Waals surface area contributed by atoms with E-state index >= 15 is 0 Å². The molecular formula is C12H20N2S. The Morgan fingerprint density at radius 3 is 3.13 bits per heavy atom. The largest absolute Gasteiger partial charge is 0.313 e. The maximum absolute atomic E-state index is 3.55. The van der Waals surface area contributed by atoms with Crippen molar-refractivity contribution < 1.29 is 0 Å². The van der Waals surface area contributed by atoms with Crippen LogP contribution >= 0.6 is 11.3 Å². The Bertz CT molecular complexity index is 278. The molecule has 1 N–H and O–H groups in total. The fourth-order valence-corrected chi connectivity index (χ4v) is 3.01. The third-order valence-electron chi connectivity index (χ3n) is 3.29. The van der Waals surface area contributed by atoms with Crippen molar-refractivity contribution in [1.82, 2.24) is 10.2 Å². The molecule has 1 aromatic rings. The highest BCUT2D eigenvalue weighted by molar-refractivity contribution is 7.10. The first-order valence-corrected chi connectivity index (χ1v) is 6.62. The van der Waals surface area contributed by atoms with E-state index in [0.717, 1.165) is 0 Å². The van der Waals surface area contributed by atoms with Crippen molar-refractivity contribution in [3.8, 4) is 0 Å². The van der Waals surface area contributed by atoms with Crippen LogP contribution in [0, 0.1) is 0 Å². The quantitative estimate of drug-likeness (QED) is 0.845. The van der Waals surface area contributed by atoms with Crippen LogP contribution < -0.4 is 5.32 Å². The highest BCUT2D eigenvalue weighted by Gasteiger charge is 2.19. The van der Waals surface area contributed by atoms with E-state index in [1.165, 1.54) is 30.8 Å². The molecule has 1 saturated heterocycles. The summed E-state index contributed by atoms with van der Waals surface area (Å²) >= 11 is 1.86. The summed E-state index contributed by atoms with van der Waals surface area (Å²) in [5, 5.41) is 5.71. The van der Waals surface area contributed by atoms with Crippen molar-refractivity contribution in [2.45, 2.75) is 31.8 Å². The van der Waals surface area contributed by atoms with Crippen molar-refractivity contribution in [2.24, 2.45) is 0 Å². The minimum Gasteiger partial charge on any atom is -0.313 e. The van der Waals surface area contributed by atoms with Crippen LogP contribution in [0.1, 0.15) is 30.7 Å². The molecule has 0 spiro atoms. The molecule has 1 aromatic heterocycles. The number of thiophene rings is 1. The lowest BCUT2D eigenvalue weighted by Crippen LogP contribution is -2.36. The Kier molecular flexibility index (Phi) is 3.78. The van der Waals surface area contributed by atoms with Gasteiger partial charge in [-0.25, -0.2) is 0 Å². The van der Waals surface area contributed by atoms with Gasteiger partial charge in [0, 0.05) is 23.5 Å². The SMILES string of the molecule is CC(c1cccs1)N(C)CC1CCCN1. The molecule has 2 atom stereocenters. The molecule has 2 heterocycles. The van der Waals surface area contributed by atoms with Gasteiger partial charge in [-0.1, -0.05) is 6.07 Å². The fraction of sp³-hybridized carbons (Fsp3) is 0.667. The van der Waals surface area contributed by atoms with Gasteiger partial charge in [-0.3, -0.25) is 4.90 Å². The summed E-state index contributed by atoms with van der Waals surface area (Å²) in [5.41, 5.74) is 0. The van der Waals surface area contributed by atoms with Crippen LogP contribution in [-0.4, -0.2) is 31.1 Å². The molecule has 15 heavy (non-hydrogen) atoms. The van der Waals surface area contributed by atoms with Crippen LogP contribution in [0.4, 0.5) is 0 Å². The fourth-order valence-electron chi connectivity index (χ4n) is 2.16. The van der Waals surface area contributed by atoms with Crippen LogP contribution in [0.3, 0.4) is 0 Å². The summed E-state index contributed by atoms with van der Waals surface area (Å²) in [6.07, 6.45) is 2.67. The lowest BCUT2D eigenvalue weighted by atomic mass is 10.2. The molecule has 0 aromatic carbocycles. The monoisotopic (exact) mass is 224 g/mol. The minimum atomic E-state index is 0.549. The number of hydrogen-bond acceptors (Lipinski definition) is 3. The van der Waals surface area contributed by atoms with Gasteiger partial charge in [0.2, 0.25) is 0 Å². The summed E-state index contributed by atoms with van der Waals surface area (Å²) in [4.78, 5) is 3.92. The molecule has 2 rings (SSSR count). The maximum Gasteiger partial charge on any atom is 0.0410 e. The second-order valence-corrected chi connectivity index (χ2v) is 5.40. The van der Waals surface area contributed by atoms with Gasteiger partial charge in [0.15, 0.2) is 0 Å². The van der Waals surface area contributed by atoms with E-state index in [1.807, 2.05) is 11.3 Å². The van der Waals surface area contributed by atoms with Crippen molar-refractivity contribution in [3.63, 3.8) is 0 Å². The molecule has 0 aliphatic carbocycles. The third kappa shape index (κ3) is 2.80. The molecule has 3 heteroatoms. The van der Waals surface area contributed by atoms with E-state index in [0.29, 0.717) is 12.1 Å². The molecule has 2 unspecified atom stereocenters. The molecule has 0 amide bonds. The second kappa shape index (κ2) is 5.10. The van der Waals surface area contributed by atoms with Gasteiger partial charge in [0.05, 0.1) is 0 Å². The first-order chi connectivity index (χ1) is 7.27. The summed E-state index contributed by atoms with van der Waals surface area (Å²) < 4.78 is 0. The second-order valence-electron chi connectivity index (χ2n) is 4.42. The molecule has 1 aliphatic rings. The van der Waals surface area contributed by atoms with E-state index in [9.17, 15) is 0 Å². The van der Waals surface area contributed by atoms with E-state index in [1.54, 1.807) is 0 Å². The van der Waals surface area contributed by atoms with Gasteiger partial charge in [-0.15, -0.1) is 11.3 Å². The van der Waals surface area contributed by atoms with Crippen LogP contribution in [-0.2, 0) is 0 Å². The minimum absolute atomic E-state index is 0.549.